The summed E-state index contributed by atoms with van der Waals surface area (Å²) in [6.45, 7) is 10.4. The van der Waals surface area contributed by atoms with E-state index in [-0.39, 0.29) is 0 Å². The maximum atomic E-state index is 11.4. The van der Waals surface area contributed by atoms with Crippen LogP contribution in [-0.4, -0.2) is 16.1 Å². The minimum Gasteiger partial charge on any atom is -0.298 e. The van der Waals surface area contributed by atoms with Crippen molar-refractivity contribution in [3.8, 4) is 5.69 Å². The second kappa shape index (κ2) is 5.61. The number of aldehydes is 1. The van der Waals surface area contributed by atoms with Gasteiger partial charge in [-0.2, -0.15) is 5.10 Å². The van der Waals surface area contributed by atoms with Crippen molar-refractivity contribution in [2.45, 2.75) is 47.5 Å². The lowest BCUT2D eigenvalue weighted by Crippen LogP contribution is -2.07. The van der Waals surface area contributed by atoms with Crippen molar-refractivity contribution in [3.05, 3.63) is 45.8 Å². The molecule has 106 valence electrons. The van der Waals surface area contributed by atoms with E-state index in [1.807, 2.05) is 11.6 Å². The molecule has 0 saturated carbocycles. The van der Waals surface area contributed by atoms with Gasteiger partial charge in [0.15, 0.2) is 6.29 Å². The minimum atomic E-state index is 0.759. The van der Waals surface area contributed by atoms with Crippen LogP contribution in [0.4, 0.5) is 0 Å². The molecule has 0 bridgehead atoms. The summed E-state index contributed by atoms with van der Waals surface area (Å²) in [5.41, 5.74) is 7.40. The van der Waals surface area contributed by atoms with Gasteiger partial charge in [0.25, 0.3) is 0 Å². The Morgan fingerprint density at radius 2 is 1.70 bits per heavy atom. The van der Waals surface area contributed by atoms with Gasteiger partial charge in [0, 0.05) is 0 Å². The fraction of sp³-hybridized carbons (Fsp3) is 0.412. The number of nitrogens with zero attached hydrogens (tertiary/aromatic N) is 2. The van der Waals surface area contributed by atoms with Crippen LogP contribution in [0.1, 0.15) is 52.3 Å². The van der Waals surface area contributed by atoms with Gasteiger partial charge in [-0.15, -0.1) is 0 Å². The van der Waals surface area contributed by atoms with Crippen molar-refractivity contribution in [1.82, 2.24) is 9.78 Å². The van der Waals surface area contributed by atoms with Crippen LogP contribution >= 0.6 is 0 Å². The van der Waals surface area contributed by atoms with Crippen LogP contribution < -0.4 is 0 Å². The number of hydrogen-bond acceptors (Lipinski definition) is 2. The Kier molecular flexibility index (Phi) is 4.07. The van der Waals surface area contributed by atoms with Gasteiger partial charge in [-0.1, -0.05) is 31.5 Å². The smallest absolute Gasteiger partial charge is 0.153 e. The minimum absolute atomic E-state index is 0.759. The number of benzene rings is 1. The van der Waals surface area contributed by atoms with Gasteiger partial charge in [-0.25, -0.2) is 4.68 Å². The molecule has 3 nitrogen and oxygen atoms in total. The zero-order valence-electron chi connectivity index (χ0n) is 12.9. The molecule has 0 spiro atoms. The van der Waals surface area contributed by atoms with E-state index in [2.05, 4.69) is 44.9 Å². The van der Waals surface area contributed by atoms with E-state index in [4.69, 9.17) is 0 Å². The van der Waals surface area contributed by atoms with Gasteiger partial charge in [-0.05, 0) is 44.7 Å². The van der Waals surface area contributed by atoms with Gasteiger partial charge < -0.3 is 0 Å². The number of aromatic nitrogens is 2. The Hall–Kier alpha value is -1.90. The van der Waals surface area contributed by atoms with Crippen LogP contribution in [0.5, 0.6) is 0 Å². The molecule has 0 aliphatic rings. The first-order valence-electron chi connectivity index (χ1n) is 7.17. The molecule has 0 unspecified atom stereocenters. The van der Waals surface area contributed by atoms with Crippen LogP contribution in [0, 0.1) is 20.8 Å². The van der Waals surface area contributed by atoms with Crippen molar-refractivity contribution in [3.63, 3.8) is 0 Å². The Balaban J connectivity index is 2.76. The fourth-order valence-corrected chi connectivity index (χ4v) is 2.94. The Morgan fingerprint density at radius 3 is 2.15 bits per heavy atom. The van der Waals surface area contributed by atoms with Gasteiger partial charge in [-0.3, -0.25) is 4.79 Å². The first-order valence-corrected chi connectivity index (χ1v) is 7.17. The Bertz CT molecular complexity index is 630. The first kappa shape index (κ1) is 14.5. The quantitative estimate of drug-likeness (QED) is 0.793. The second-order valence-corrected chi connectivity index (χ2v) is 5.29. The molecule has 2 rings (SSSR count). The SMILES string of the molecule is CCc1nn(-c2c(C)cc(C)cc2C)c(CC)c1C=O. The summed E-state index contributed by atoms with van der Waals surface area (Å²) in [6.07, 6.45) is 2.52. The zero-order chi connectivity index (χ0) is 14.9. The fourth-order valence-electron chi connectivity index (χ4n) is 2.94. The standard InChI is InChI=1S/C17H22N2O/c1-6-15-14(10-20)16(7-2)19(18-15)17-12(4)8-11(3)9-13(17)5/h8-10H,6-7H2,1-5H3. The van der Waals surface area contributed by atoms with Gasteiger partial charge in [0.1, 0.15) is 0 Å². The average Bonchev–Trinajstić information content (AvgIpc) is 2.74. The lowest BCUT2D eigenvalue weighted by atomic mass is 10.0. The topological polar surface area (TPSA) is 34.9 Å². The van der Waals surface area contributed by atoms with Crippen LogP contribution in [0.2, 0.25) is 0 Å². The number of carbonyl (C=O) groups excluding carboxylic acids is 1. The molecule has 1 aromatic carbocycles. The van der Waals surface area contributed by atoms with Crippen molar-refractivity contribution in [2.24, 2.45) is 0 Å². The zero-order valence-corrected chi connectivity index (χ0v) is 12.9. The highest BCUT2D eigenvalue weighted by Crippen LogP contribution is 2.25. The van der Waals surface area contributed by atoms with Gasteiger partial charge in [0.2, 0.25) is 0 Å². The van der Waals surface area contributed by atoms with Crippen molar-refractivity contribution < 1.29 is 4.79 Å². The second-order valence-electron chi connectivity index (χ2n) is 5.29. The molecule has 0 atom stereocenters. The molecule has 3 heteroatoms. The molecule has 0 fully saturated rings. The lowest BCUT2D eigenvalue weighted by molar-refractivity contribution is 0.112. The summed E-state index contributed by atoms with van der Waals surface area (Å²) in [7, 11) is 0. The monoisotopic (exact) mass is 270 g/mol. The lowest BCUT2D eigenvalue weighted by Gasteiger charge is -2.14. The highest BCUT2D eigenvalue weighted by atomic mass is 16.1. The van der Waals surface area contributed by atoms with E-state index in [0.29, 0.717) is 0 Å². The molecule has 0 N–H and O–H groups in total. The Morgan fingerprint density at radius 1 is 1.10 bits per heavy atom. The number of rotatable bonds is 4. The predicted octanol–water partition coefficient (Wildman–Crippen LogP) is 3.73. The third-order valence-electron chi connectivity index (χ3n) is 3.73. The van der Waals surface area contributed by atoms with Gasteiger partial charge in [0.05, 0.1) is 22.6 Å². The van der Waals surface area contributed by atoms with Crippen molar-refractivity contribution in [1.29, 1.82) is 0 Å². The van der Waals surface area contributed by atoms with E-state index in [1.165, 1.54) is 16.7 Å². The summed E-state index contributed by atoms with van der Waals surface area (Å²) in [4.78, 5) is 11.4. The molecule has 2 aromatic rings. The molecule has 0 amide bonds. The molecule has 0 aliphatic carbocycles. The third-order valence-corrected chi connectivity index (χ3v) is 3.73. The maximum Gasteiger partial charge on any atom is 0.153 e. The van der Waals surface area contributed by atoms with E-state index < -0.39 is 0 Å². The number of carbonyl (C=O) groups is 1. The summed E-state index contributed by atoms with van der Waals surface area (Å²) in [5, 5.41) is 4.68. The number of aryl methyl sites for hydroxylation is 4. The first-order chi connectivity index (χ1) is 9.53. The molecular weight excluding hydrogens is 248 g/mol. The van der Waals surface area contributed by atoms with Crippen LogP contribution in [0.25, 0.3) is 5.69 Å². The largest absolute Gasteiger partial charge is 0.298 e. The summed E-state index contributed by atoms with van der Waals surface area (Å²) in [5.74, 6) is 0. The molecule has 0 saturated heterocycles. The third kappa shape index (κ3) is 2.28. The van der Waals surface area contributed by atoms with Crippen LogP contribution in [-0.2, 0) is 12.8 Å². The molecule has 1 heterocycles. The molecule has 0 radical (unpaired) electrons. The van der Waals surface area contributed by atoms with E-state index in [0.717, 1.165) is 41.8 Å². The van der Waals surface area contributed by atoms with E-state index in [9.17, 15) is 4.79 Å². The highest BCUT2D eigenvalue weighted by Gasteiger charge is 2.18. The average molecular weight is 270 g/mol. The van der Waals surface area contributed by atoms with E-state index in [1.54, 1.807) is 0 Å². The molecule has 0 aliphatic heterocycles. The normalized spacial score (nSPS) is 10.8. The van der Waals surface area contributed by atoms with Gasteiger partial charge >= 0.3 is 0 Å². The van der Waals surface area contributed by atoms with Crippen LogP contribution in [0.3, 0.4) is 0 Å². The molecule has 1 aromatic heterocycles. The van der Waals surface area contributed by atoms with E-state index >= 15 is 0 Å². The Labute approximate surface area is 120 Å². The maximum absolute atomic E-state index is 11.4. The highest BCUT2D eigenvalue weighted by molar-refractivity contribution is 5.79. The molecule has 20 heavy (non-hydrogen) atoms. The van der Waals surface area contributed by atoms with Crippen LogP contribution in [0.15, 0.2) is 12.1 Å². The van der Waals surface area contributed by atoms with Crippen molar-refractivity contribution in [2.75, 3.05) is 0 Å². The summed E-state index contributed by atoms with van der Waals surface area (Å²) < 4.78 is 1.96. The predicted molar refractivity (Wildman–Crippen MR) is 81.9 cm³/mol. The molecular formula is C17H22N2O. The summed E-state index contributed by atoms with van der Waals surface area (Å²) in [6, 6.07) is 4.32. The summed E-state index contributed by atoms with van der Waals surface area (Å²) >= 11 is 0. The number of hydrogen-bond donors (Lipinski definition) is 0. The van der Waals surface area contributed by atoms with Crippen molar-refractivity contribution >= 4 is 6.29 Å².